The summed E-state index contributed by atoms with van der Waals surface area (Å²) in [4.78, 5) is 14.0. The Hall–Kier alpha value is -4.21. The van der Waals surface area contributed by atoms with Gasteiger partial charge in [-0.2, -0.15) is 5.26 Å². The fraction of sp³-hybridized carbons (Fsp3) is 0.0400. The van der Waals surface area contributed by atoms with Crippen molar-refractivity contribution < 1.29 is 0 Å². The van der Waals surface area contributed by atoms with E-state index in [9.17, 15) is 5.26 Å². The lowest BCUT2D eigenvalue weighted by Gasteiger charge is -2.11. The van der Waals surface area contributed by atoms with E-state index in [0.717, 1.165) is 16.8 Å². The van der Waals surface area contributed by atoms with Crippen molar-refractivity contribution in [3.63, 3.8) is 0 Å². The van der Waals surface area contributed by atoms with Crippen LogP contribution in [0.5, 0.6) is 0 Å². The highest BCUT2D eigenvalue weighted by Crippen LogP contribution is 2.32. The fourth-order valence-electron chi connectivity index (χ4n) is 3.68. The van der Waals surface area contributed by atoms with Gasteiger partial charge in [-0.15, -0.1) is 11.6 Å². The van der Waals surface area contributed by atoms with Gasteiger partial charge in [0, 0.05) is 23.3 Å². The largest absolute Gasteiger partial charge is 0.383 e. The number of imidazole rings is 1. The minimum Gasteiger partial charge on any atom is -0.383 e. The highest BCUT2D eigenvalue weighted by molar-refractivity contribution is 6.17. The lowest BCUT2D eigenvalue weighted by atomic mass is 10.1. The van der Waals surface area contributed by atoms with Crippen molar-refractivity contribution in [2.24, 2.45) is 0 Å². The van der Waals surface area contributed by atoms with Gasteiger partial charge in [0.25, 0.3) is 0 Å². The maximum atomic E-state index is 9.53. The first kappa shape index (κ1) is 19.7. The molecule has 2 N–H and O–H groups in total. The molecule has 7 heteroatoms. The molecule has 5 aromatic rings. The number of benzene rings is 2. The molecule has 3 aromatic heterocycles. The molecule has 0 aliphatic rings. The van der Waals surface area contributed by atoms with Crippen molar-refractivity contribution in [1.29, 1.82) is 5.26 Å². The minimum absolute atomic E-state index is 0.386. The van der Waals surface area contributed by atoms with Crippen molar-refractivity contribution in [2.45, 2.75) is 5.88 Å². The number of fused-ring (bicyclic) bond motifs is 1. The smallest absolute Gasteiger partial charge is 0.165 e. The third kappa shape index (κ3) is 3.35. The molecular formula is C25H17ClN6. The predicted molar refractivity (Wildman–Crippen MR) is 126 cm³/mol. The van der Waals surface area contributed by atoms with Gasteiger partial charge in [0.05, 0.1) is 22.9 Å². The summed E-state index contributed by atoms with van der Waals surface area (Å²) in [6.45, 7) is 0. The Kier molecular flexibility index (Phi) is 5.02. The van der Waals surface area contributed by atoms with Crippen molar-refractivity contribution in [1.82, 2.24) is 19.5 Å². The summed E-state index contributed by atoms with van der Waals surface area (Å²) in [7, 11) is 0. The second-order valence-electron chi connectivity index (χ2n) is 7.20. The van der Waals surface area contributed by atoms with Gasteiger partial charge >= 0.3 is 0 Å². The first-order valence-corrected chi connectivity index (χ1v) is 10.5. The Balaban J connectivity index is 1.80. The van der Waals surface area contributed by atoms with E-state index in [-0.39, 0.29) is 0 Å². The molecule has 0 unspecified atom stereocenters. The Morgan fingerprint density at radius 1 is 0.906 bits per heavy atom. The highest BCUT2D eigenvalue weighted by Gasteiger charge is 2.19. The molecular weight excluding hydrogens is 420 g/mol. The van der Waals surface area contributed by atoms with Crippen LogP contribution in [0.3, 0.4) is 0 Å². The molecule has 0 atom stereocenters. The zero-order chi connectivity index (χ0) is 22.1. The summed E-state index contributed by atoms with van der Waals surface area (Å²) in [6, 6.07) is 25.1. The number of rotatable bonds is 4. The van der Waals surface area contributed by atoms with Crippen molar-refractivity contribution in [3.8, 4) is 34.4 Å². The molecule has 32 heavy (non-hydrogen) atoms. The molecule has 2 aromatic carbocycles. The number of alkyl halides is 1. The molecule has 0 saturated heterocycles. The lowest BCUT2D eigenvalue weighted by Crippen LogP contribution is -2.02. The zero-order valence-corrected chi connectivity index (χ0v) is 17.7. The zero-order valence-electron chi connectivity index (χ0n) is 16.9. The van der Waals surface area contributed by atoms with Crippen molar-refractivity contribution in [3.05, 3.63) is 90.1 Å². The van der Waals surface area contributed by atoms with Crippen LogP contribution >= 0.6 is 11.6 Å². The third-order valence-corrected chi connectivity index (χ3v) is 5.56. The average molecular weight is 437 g/mol. The van der Waals surface area contributed by atoms with E-state index in [4.69, 9.17) is 27.3 Å². The van der Waals surface area contributed by atoms with Crippen LogP contribution in [0.4, 0.5) is 5.82 Å². The maximum absolute atomic E-state index is 9.53. The number of anilines is 1. The molecule has 6 nitrogen and oxygen atoms in total. The lowest BCUT2D eigenvalue weighted by molar-refractivity contribution is 1.07. The van der Waals surface area contributed by atoms with E-state index in [1.54, 1.807) is 12.3 Å². The van der Waals surface area contributed by atoms with Crippen LogP contribution in [0.25, 0.3) is 39.5 Å². The molecule has 0 aliphatic heterocycles. The Bertz CT molecular complexity index is 1480. The van der Waals surface area contributed by atoms with Gasteiger partial charge in [0.15, 0.2) is 11.5 Å². The van der Waals surface area contributed by atoms with Gasteiger partial charge in [-0.1, -0.05) is 30.3 Å². The molecule has 3 heterocycles. The van der Waals surface area contributed by atoms with Crippen molar-refractivity contribution in [2.75, 3.05) is 5.73 Å². The molecule has 0 amide bonds. The highest BCUT2D eigenvalue weighted by atomic mass is 35.5. The minimum atomic E-state index is 0.386. The van der Waals surface area contributed by atoms with Gasteiger partial charge in [-0.3, -0.25) is 4.57 Å². The standard InChI is InChI=1S/C25H17ClN6/c26-14-16-7-9-18(10-8-16)32-24(20-6-3-13-29-23(20)28)31-22-12-11-21(30-25(22)32)19-5-2-1-4-17(19)15-27/h1-13H,14H2,(H2,28,29). The molecule has 154 valence electrons. The molecule has 0 spiro atoms. The SMILES string of the molecule is N#Cc1ccccc1-c1ccc2nc(-c3cccnc3N)n(-c3ccc(CCl)cc3)c2n1. The van der Waals surface area contributed by atoms with Crippen LogP contribution in [-0.2, 0) is 5.88 Å². The number of hydrogen-bond donors (Lipinski definition) is 1. The van der Waals surface area contributed by atoms with Crippen molar-refractivity contribution >= 4 is 28.6 Å². The average Bonchev–Trinajstić information content (AvgIpc) is 3.22. The summed E-state index contributed by atoms with van der Waals surface area (Å²) >= 11 is 5.98. The van der Waals surface area contributed by atoms with E-state index in [1.165, 1.54) is 0 Å². The second kappa shape index (κ2) is 8.14. The summed E-state index contributed by atoms with van der Waals surface area (Å²) < 4.78 is 1.96. The Morgan fingerprint density at radius 2 is 1.69 bits per heavy atom. The van der Waals surface area contributed by atoms with E-state index >= 15 is 0 Å². The summed E-state index contributed by atoms with van der Waals surface area (Å²) in [5, 5.41) is 9.53. The van der Waals surface area contributed by atoms with Gasteiger partial charge in [-0.25, -0.2) is 15.0 Å². The van der Waals surface area contributed by atoms with Crippen LogP contribution in [0.15, 0.2) is 79.0 Å². The van der Waals surface area contributed by atoms with Crippen LogP contribution in [-0.4, -0.2) is 19.5 Å². The van der Waals surface area contributed by atoms with Crippen LogP contribution in [0.1, 0.15) is 11.1 Å². The van der Waals surface area contributed by atoms with E-state index in [2.05, 4.69) is 11.1 Å². The Morgan fingerprint density at radius 3 is 2.44 bits per heavy atom. The molecule has 0 fully saturated rings. The number of pyridine rings is 2. The second-order valence-corrected chi connectivity index (χ2v) is 7.47. The summed E-state index contributed by atoms with van der Waals surface area (Å²) in [5.41, 5.74) is 12.2. The first-order valence-electron chi connectivity index (χ1n) is 9.94. The van der Waals surface area contributed by atoms with E-state index in [0.29, 0.717) is 45.5 Å². The first-order chi connectivity index (χ1) is 15.7. The van der Waals surface area contributed by atoms with Gasteiger partial charge in [0.2, 0.25) is 0 Å². The maximum Gasteiger partial charge on any atom is 0.165 e. The molecule has 5 rings (SSSR count). The number of nitrogens with two attached hydrogens (primary N) is 1. The molecule has 0 saturated carbocycles. The van der Waals surface area contributed by atoms with Gasteiger partial charge in [0.1, 0.15) is 11.3 Å². The summed E-state index contributed by atoms with van der Waals surface area (Å²) in [5.74, 6) is 1.46. The number of hydrogen-bond acceptors (Lipinski definition) is 5. The van der Waals surface area contributed by atoms with E-state index < -0.39 is 0 Å². The quantitative estimate of drug-likeness (QED) is 0.383. The third-order valence-electron chi connectivity index (χ3n) is 5.26. The Labute approximate surface area is 189 Å². The van der Waals surface area contributed by atoms with Crippen LogP contribution < -0.4 is 5.73 Å². The molecule has 0 bridgehead atoms. The summed E-state index contributed by atoms with van der Waals surface area (Å²) in [6.07, 6.45) is 1.65. The number of nitrogen functional groups attached to an aromatic ring is 1. The van der Waals surface area contributed by atoms with Gasteiger partial charge in [-0.05, 0) is 48.0 Å². The predicted octanol–water partition coefficient (Wildman–Crippen LogP) is 5.34. The topological polar surface area (TPSA) is 93.4 Å². The number of nitriles is 1. The number of aromatic nitrogens is 4. The number of nitrogens with zero attached hydrogens (tertiary/aromatic N) is 5. The molecule has 0 radical (unpaired) electrons. The van der Waals surface area contributed by atoms with Crippen LogP contribution in [0.2, 0.25) is 0 Å². The normalized spacial score (nSPS) is 10.9. The molecule has 0 aliphatic carbocycles. The van der Waals surface area contributed by atoms with E-state index in [1.807, 2.05) is 71.3 Å². The fourth-order valence-corrected chi connectivity index (χ4v) is 3.86. The number of halogens is 1. The van der Waals surface area contributed by atoms with Gasteiger partial charge < -0.3 is 5.73 Å². The monoisotopic (exact) mass is 436 g/mol. The van der Waals surface area contributed by atoms with Crippen LogP contribution in [0, 0.1) is 11.3 Å².